The number of para-hydroxylation sites is 1. The maximum Gasteiger partial charge on any atom is 0.267 e. The number of amides is 1. The number of rotatable bonds is 7. The Bertz CT molecular complexity index is 1120. The standard InChI is InChI=1S/C24H19N3O2S/c1-17(28)18-11-13-20(14-12-18)26-16-19(15-25)24(29)27-22-9-5-6-10-23(22)30-21-7-3-2-4-8-21/h2-14,16,26H,1H3,(H,27,29)/b19-16-. The molecule has 30 heavy (non-hydrogen) atoms. The molecule has 3 rings (SSSR count). The fourth-order valence-corrected chi connectivity index (χ4v) is 3.49. The van der Waals surface area contributed by atoms with Crippen molar-refractivity contribution in [2.75, 3.05) is 10.6 Å². The minimum Gasteiger partial charge on any atom is -0.360 e. The molecule has 5 nitrogen and oxygen atoms in total. The van der Waals surface area contributed by atoms with Crippen molar-refractivity contribution in [3.63, 3.8) is 0 Å². The quantitative estimate of drug-likeness (QED) is 0.304. The lowest BCUT2D eigenvalue weighted by Crippen LogP contribution is -2.15. The van der Waals surface area contributed by atoms with Crippen molar-refractivity contribution in [2.24, 2.45) is 0 Å². The topological polar surface area (TPSA) is 82.0 Å². The lowest BCUT2D eigenvalue weighted by Gasteiger charge is -2.10. The van der Waals surface area contributed by atoms with Crippen molar-refractivity contribution in [3.8, 4) is 6.07 Å². The van der Waals surface area contributed by atoms with Crippen molar-refractivity contribution < 1.29 is 9.59 Å². The van der Waals surface area contributed by atoms with Crippen molar-refractivity contribution >= 4 is 34.8 Å². The highest BCUT2D eigenvalue weighted by atomic mass is 32.2. The van der Waals surface area contributed by atoms with Crippen LogP contribution in [0.5, 0.6) is 0 Å². The van der Waals surface area contributed by atoms with Crippen LogP contribution in [-0.4, -0.2) is 11.7 Å². The van der Waals surface area contributed by atoms with Gasteiger partial charge in [-0.05, 0) is 55.5 Å². The van der Waals surface area contributed by atoms with Crippen LogP contribution in [0.25, 0.3) is 0 Å². The Balaban J connectivity index is 1.71. The van der Waals surface area contributed by atoms with Gasteiger partial charge in [-0.1, -0.05) is 42.1 Å². The van der Waals surface area contributed by atoms with E-state index in [4.69, 9.17) is 0 Å². The van der Waals surface area contributed by atoms with Crippen LogP contribution in [0.4, 0.5) is 11.4 Å². The first kappa shape index (κ1) is 20.9. The summed E-state index contributed by atoms with van der Waals surface area (Å²) in [6.07, 6.45) is 1.35. The number of anilines is 2. The van der Waals surface area contributed by atoms with E-state index in [0.717, 1.165) is 9.79 Å². The summed E-state index contributed by atoms with van der Waals surface area (Å²) in [5, 5.41) is 15.1. The van der Waals surface area contributed by atoms with Crippen molar-refractivity contribution in [1.82, 2.24) is 0 Å². The minimum absolute atomic E-state index is 0.0266. The first-order valence-electron chi connectivity index (χ1n) is 9.18. The zero-order chi connectivity index (χ0) is 21.3. The number of nitrogens with zero attached hydrogens (tertiary/aromatic N) is 1. The van der Waals surface area contributed by atoms with Crippen LogP contribution in [0.15, 0.2) is 100 Å². The van der Waals surface area contributed by atoms with Crippen molar-refractivity contribution in [2.45, 2.75) is 16.7 Å². The van der Waals surface area contributed by atoms with Gasteiger partial charge in [-0.2, -0.15) is 5.26 Å². The zero-order valence-corrected chi connectivity index (χ0v) is 17.1. The molecule has 0 radical (unpaired) electrons. The Morgan fingerprint density at radius 3 is 2.27 bits per heavy atom. The highest BCUT2D eigenvalue weighted by molar-refractivity contribution is 7.99. The molecule has 148 valence electrons. The van der Waals surface area contributed by atoms with E-state index in [1.807, 2.05) is 54.6 Å². The molecule has 0 saturated heterocycles. The fraction of sp³-hybridized carbons (Fsp3) is 0.0417. The number of benzene rings is 3. The first-order chi connectivity index (χ1) is 14.6. The van der Waals surface area contributed by atoms with E-state index in [1.165, 1.54) is 24.9 Å². The monoisotopic (exact) mass is 413 g/mol. The Morgan fingerprint density at radius 2 is 1.60 bits per heavy atom. The normalized spacial score (nSPS) is 10.7. The zero-order valence-electron chi connectivity index (χ0n) is 16.3. The Labute approximate surface area is 179 Å². The maximum atomic E-state index is 12.6. The van der Waals surface area contributed by atoms with Gasteiger partial charge in [0.25, 0.3) is 5.91 Å². The highest BCUT2D eigenvalue weighted by Gasteiger charge is 2.12. The van der Waals surface area contributed by atoms with E-state index in [2.05, 4.69) is 10.6 Å². The van der Waals surface area contributed by atoms with Gasteiger partial charge in [-0.25, -0.2) is 0 Å². The maximum absolute atomic E-state index is 12.6. The van der Waals surface area contributed by atoms with Crippen LogP contribution >= 0.6 is 11.8 Å². The van der Waals surface area contributed by atoms with Gasteiger partial charge in [0.15, 0.2) is 5.78 Å². The summed E-state index contributed by atoms with van der Waals surface area (Å²) in [5.41, 5.74) is 1.82. The molecule has 0 aliphatic carbocycles. The van der Waals surface area contributed by atoms with E-state index < -0.39 is 5.91 Å². The molecule has 0 fully saturated rings. The number of carbonyl (C=O) groups is 2. The Morgan fingerprint density at radius 1 is 0.933 bits per heavy atom. The van der Waals surface area contributed by atoms with Crippen molar-refractivity contribution in [1.29, 1.82) is 5.26 Å². The third kappa shape index (κ3) is 5.60. The number of hydrogen-bond acceptors (Lipinski definition) is 5. The molecule has 6 heteroatoms. The highest BCUT2D eigenvalue weighted by Crippen LogP contribution is 2.33. The number of carbonyl (C=O) groups excluding carboxylic acids is 2. The molecule has 3 aromatic rings. The molecule has 0 aliphatic heterocycles. The largest absolute Gasteiger partial charge is 0.360 e. The van der Waals surface area contributed by atoms with Crippen LogP contribution in [-0.2, 0) is 4.79 Å². The number of ketones is 1. The number of hydrogen-bond donors (Lipinski definition) is 2. The first-order valence-corrected chi connectivity index (χ1v) is 9.99. The van der Waals surface area contributed by atoms with Crippen LogP contribution in [0, 0.1) is 11.3 Å². The number of nitriles is 1. The van der Waals surface area contributed by atoms with Gasteiger partial charge in [0.2, 0.25) is 0 Å². The number of Topliss-reactive ketones (excluding diaryl/α,β-unsaturated/α-hetero) is 1. The summed E-state index contributed by atoms with van der Waals surface area (Å²) in [7, 11) is 0. The van der Waals surface area contributed by atoms with Crippen LogP contribution in [0.2, 0.25) is 0 Å². The van der Waals surface area contributed by atoms with Crippen LogP contribution < -0.4 is 10.6 Å². The van der Waals surface area contributed by atoms with Gasteiger partial charge in [-0.3, -0.25) is 9.59 Å². The summed E-state index contributed by atoms with van der Waals surface area (Å²) < 4.78 is 0. The molecule has 0 saturated carbocycles. The third-order valence-electron chi connectivity index (χ3n) is 4.15. The summed E-state index contributed by atoms with van der Waals surface area (Å²) in [4.78, 5) is 25.9. The minimum atomic E-state index is -0.508. The number of nitrogens with one attached hydrogen (secondary N) is 2. The molecule has 2 N–H and O–H groups in total. The molecular formula is C24H19N3O2S. The predicted molar refractivity (Wildman–Crippen MR) is 119 cm³/mol. The summed E-state index contributed by atoms with van der Waals surface area (Å²) >= 11 is 1.53. The lowest BCUT2D eigenvalue weighted by atomic mass is 10.1. The predicted octanol–water partition coefficient (Wildman–Crippen LogP) is 5.50. The lowest BCUT2D eigenvalue weighted by molar-refractivity contribution is -0.112. The fourth-order valence-electron chi connectivity index (χ4n) is 2.57. The smallest absolute Gasteiger partial charge is 0.267 e. The van der Waals surface area contributed by atoms with E-state index in [0.29, 0.717) is 16.9 Å². The van der Waals surface area contributed by atoms with Gasteiger partial charge < -0.3 is 10.6 Å². The summed E-state index contributed by atoms with van der Waals surface area (Å²) in [6, 6.07) is 26.0. The van der Waals surface area contributed by atoms with Gasteiger partial charge in [0.1, 0.15) is 11.6 Å². The van der Waals surface area contributed by atoms with Crippen LogP contribution in [0.3, 0.4) is 0 Å². The van der Waals surface area contributed by atoms with Gasteiger partial charge >= 0.3 is 0 Å². The Kier molecular flexibility index (Phi) is 7.04. The second-order valence-electron chi connectivity index (χ2n) is 6.31. The molecule has 3 aromatic carbocycles. The van der Waals surface area contributed by atoms with Crippen LogP contribution in [0.1, 0.15) is 17.3 Å². The summed E-state index contributed by atoms with van der Waals surface area (Å²) in [5.74, 6) is -0.535. The van der Waals surface area contributed by atoms with E-state index in [-0.39, 0.29) is 11.4 Å². The van der Waals surface area contributed by atoms with E-state index in [9.17, 15) is 14.9 Å². The van der Waals surface area contributed by atoms with E-state index >= 15 is 0 Å². The molecule has 0 unspecified atom stereocenters. The van der Waals surface area contributed by atoms with Gasteiger partial charge in [0, 0.05) is 27.2 Å². The SMILES string of the molecule is CC(=O)c1ccc(N/C=C(/C#N)C(=O)Nc2ccccc2Sc2ccccc2)cc1. The molecule has 0 bridgehead atoms. The molecular weight excluding hydrogens is 394 g/mol. The van der Waals surface area contributed by atoms with E-state index in [1.54, 1.807) is 30.3 Å². The molecule has 0 aromatic heterocycles. The molecule has 0 spiro atoms. The second-order valence-corrected chi connectivity index (χ2v) is 7.43. The van der Waals surface area contributed by atoms with Crippen molar-refractivity contribution in [3.05, 3.63) is 96.2 Å². The Hall–Kier alpha value is -3.82. The summed E-state index contributed by atoms with van der Waals surface area (Å²) in [6.45, 7) is 1.49. The molecule has 0 heterocycles. The average Bonchev–Trinajstić information content (AvgIpc) is 2.76. The third-order valence-corrected chi connectivity index (χ3v) is 5.23. The molecule has 1 amide bonds. The second kappa shape index (κ2) is 10.1. The molecule has 0 aliphatic rings. The average molecular weight is 414 g/mol. The van der Waals surface area contributed by atoms with Gasteiger partial charge in [0.05, 0.1) is 5.69 Å². The molecule has 0 atom stereocenters. The van der Waals surface area contributed by atoms with Gasteiger partial charge in [-0.15, -0.1) is 0 Å².